The number of anilines is 1. The summed E-state index contributed by atoms with van der Waals surface area (Å²) >= 11 is 0. The number of rotatable bonds is 6. The third-order valence-corrected chi connectivity index (χ3v) is 5.75. The molecule has 1 aliphatic carbocycles. The molecule has 4 heteroatoms. The van der Waals surface area contributed by atoms with Gasteiger partial charge in [-0.05, 0) is 44.9 Å². The number of ether oxygens (including phenoxy) is 1. The number of Topliss-reactive ketones (excluding diaryl/α,β-unsaturated/α-hetero) is 1. The number of ketones is 1. The van der Waals surface area contributed by atoms with Crippen molar-refractivity contribution in [2.75, 3.05) is 12.3 Å². The minimum Gasteiger partial charge on any atom is -0.492 e. The number of hydrogen-bond donors (Lipinski definition) is 1. The number of pyridine rings is 1. The Labute approximate surface area is 162 Å². The monoisotopic (exact) mass is 368 g/mol. The van der Waals surface area contributed by atoms with Crippen LogP contribution in [0.4, 0.5) is 5.69 Å². The summed E-state index contributed by atoms with van der Waals surface area (Å²) in [6, 6.07) is 7.62. The fourth-order valence-electron chi connectivity index (χ4n) is 3.99. The first-order chi connectivity index (χ1) is 12.9. The van der Waals surface area contributed by atoms with Gasteiger partial charge in [-0.2, -0.15) is 0 Å². The van der Waals surface area contributed by atoms with E-state index in [1.54, 1.807) is 0 Å². The summed E-state index contributed by atoms with van der Waals surface area (Å²) in [5, 5.41) is 0.829. The fraction of sp³-hybridized carbons (Fsp3) is 0.565. The number of nitrogens with zero attached hydrogens (tertiary/aromatic N) is 1. The maximum absolute atomic E-state index is 12.9. The van der Waals surface area contributed by atoms with Crippen molar-refractivity contribution in [2.24, 2.45) is 11.3 Å². The van der Waals surface area contributed by atoms with Crippen molar-refractivity contribution in [2.45, 2.75) is 65.7 Å². The Balaban J connectivity index is 1.69. The van der Waals surface area contributed by atoms with Crippen LogP contribution in [0.15, 0.2) is 24.3 Å². The van der Waals surface area contributed by atoms with E-state index in [0.29, 0.717) is 36.2 Å². The molecule has 2 aromatic rings. The summed E-state index contributed by atoms with van der Waals surface area (Å²) in [4.78, 5) is 17.5. The molecule has 4 nitrogen and oxygen atoms in total. The van der Waals surface area contributed by atoms with E-state index in [1.807, 2.05) is 45.0 Å². The zero-order valence-electron chi connectivity index (χ0n) is 16.9. The van der Waals surface area contributed by atoms with Gasteiger partial charge in [-0.1, -0.05) is 44.6 Å². The van der Waals surface area contributed by atoms with E-state index in [9.17, 15) is 4.79 Å². The van der Waals surface area contributed by atoms with Crippen molar-refractivity contribution < 1.29 is 9.53 Å². The van der Waals surface area contributed by atoms with E-state index in [1.165, 1.54) is 38.5 Å². The van der Waals surface area contributed by atoms with Crippen molar-refractivity contribution in [1.29, 1.82) is 0 Å². The third-order valence-electron chi connectivity index (χ3n) is 5.75. The number of aryl methyl sites for hydroxylation is 1. The van der Waals surface area contributed by atoms with Crippen molar-refractivity contribution in [1.82, 2.24) is 4.98 Å². The van der Waals surface area contributed by atoms with Crippen LogP contribution >= 0.6 is 0 Å². The van der Waals surface area contributed by atoms with Gasteiger partial charge in [0, 0.05) is 17.8 Å². The first-order valence-electron chi connectivity index (χ1n) is 10.2. The molecule has 0 aliphatic heterocycles. The van der Waals surface area contributed by atoms with Crippen molar-refractivity contribution >= 4 is 22.4 Å². The molecule has 0 radical (unpaired) electrons. The molecular formula is C23H32N2O2. The minimum atomic E-state index is -0.513. The van der Waals surface area contributed by atoms with Gasteiger partial charge in [-0.15, -0.1) is 0 Å². The smallest absolute Gasteiger partial charge is 0.142 e. The van der Waals surface area contributed by atoms with Gasteiger partial charge in [0.25, 0.3) is 0 Å². The van der Waals surface area contributed by atoms with Crippen molar-refractivity contribution in [3.05, 3.63) is 30.0 Å². The fourth-order valence-corrected chi connectivity index (χ4v) is 3.99. The summed E-state index contributed by atoms with van der Waals surface area (Å²) < 4.78 is 6.10. The highest BCUT2D eigenvalue weighted by atomic mass is 16.5. The summed E-state index contributed by atoms with van der Waals surface area (Å²) in [6.45, 7) is 6.26. The number of benzene rings is 1. The molecule has 2 N–H and O–H groups in total. The van der Waals surface area contributed by atoms with Crippen LogP contribution in [-0.2, 0) is 4.79 Å². The normalized spacial score (nSPS) is 16.3. The summed E-state index contributed by atoms with van der Waals surface area (Å²) in [5.74, 6) is 1.55. The quantitative estimate of drug-likeness (QED) is 0.688. The van der Waals surface area contributed by atoms with Gasteiger partial charge in [0.1, 0.15) is 18.1 Å². The number of nitrogens with two attached hydrogens (primary N) is 1. The topological polar surface area (TPSA) is 65.2 Å². The van der Waals surface area contributed by atoms with Crippen LogP contribution in [0, 0.1) is 18.3 Å². The van der Waals surface area contributed by atoms with Gasteiger partial charge in [0.2, 0.25) is 0 Å². The third kappa shape index (κ3) is 4.79. The minimum absolute atomic E-state index is 0.302. The molecule has 146 valence electrons. The Morgan fingerprint density at radius 3 is 2.63 bits per heavy atom. The maximum Gasteiger partial charge on any atom is 0.142 e. The Morgan fingerprint density at radius 1 is 1.22 bits per heavy atom. The van der Waals surface area contributed by atoms with Crippen LogP contribution in [0.25, 0.3) is 10.9 Å². The number of aromatic nitrogens is 1. The highest BCUT2D eigenvalue weighted by Crippen LogP contribution is 2.33. The number of nitrogen functional groups attached to an aromatic ring is 1. The highest BCUT2D eigenvalue weighted by Gasteiger charge is 2.31. The molecule has 0 amide bonds. The summed E-state index contributed by atoms with van der Waals surface area (Å²) in [5.41, 5.74) is 8.07. The van der Waals surface area contributed by atoms with Crippen LogP contribution in [0.2, 0.25) is 0 Å². The van der Waals surface area contributed by atoms with E-state index in [0.717, 1.165) is 16.6 Å². The molecule has 0 spiro atoms. The van der Waals surface area contributed by atoms with E-state index >= 15 is 0 Å². The van der Waals surface area contributed by atoms with E-state index in [4.69, 9.17) is 10.5 Å². The Hall–Kier alpha value is -2.10. The SMILES string of the molecule is Cc1cc(N)c2c(OCC(C)(C)C(=O)CC3CCCCCC3)cccc2n1. The molecule has 1 heterocycles. The first kappa shape index (κ1) is 19.7. The van der Waals surface area contributed by atoms with Crippen molar-refractivity contribution in [3.8, 4) is 5.75 Å². The molecule has 0 unspecified atom stereocenters. The van der Waals surface area contributed by atoms with Gasteiger partial charge < -0.3 is 10.5 Å². The molecule has 0 saturated heterocycles. The Kier molecular flexibility index (Phi) is 6.03. The zero-order chi connectivity index (χ0) is 19.4. The lowest BCUT2D eigenvalue weighted by Gasteiger charge is -2.26. The Bertz CT molecular complexity index is 805. The van der Waals surface area contributed by atoms with Crippen LogP contribution < -0.4 is 10.5 Å². The van der Waals surface area contributed by atoms with Gasteiger partial charge >= 0.3 is 0 Å². The maximum atomic E-state index is 12.9. The molecular weight excluding hydrogens is 336 g/mol. The molecule has 1 fully saturated rings. The van der Waals surface area contributed by atoms with Gasteiger partial charge in [0.05, 0.1) is 16.3 Å². The van der Waals surface area contributed by atoms with Crippen LogP contribution in [0.1, 0.15) is 64.5 Å². The molecule has 27 heavy (non-hydrogen) atoms. The molecule has 1 saturated carbocycles. The van der Waals surface area contributed by atoms with Crippen molar-refractivity contribution in [3.63, 3.8) is 0 Å². The van der Waals surface area contributed by atoms with Crippen LogP contribution in [-0.4, -0.2) is 17.4 Å². The highest BCUT2D eigenvalue weighted by molar-refractivity contribution is 5.95. The summed E-state index contributed by atoms with van der Waals surface area (Å²) in [6.07, 6.45) is 8.20. The molecule has 1 aliphatic rings. The van der Waals surface area contributed by atoms with Crippen LogP contribution in [0.3, 0.4) is 0 Å². The van der Waals surface area contributed by atoms with Gasteiger partial charge in [-0.25, -0.2) is 0 Å². The van der Waals surface area contributed by atoms with Gasteiger partial charge in [0.15, 0.2) is 0 Å². The second-order valence-electron chi connectivity index (χ2n) is 8.66. The van der Waals surface area contributed by atoms with Gasteiger partial charge in [-0.3, -0.25) is 9.78 Å². The van der Waals surface area contributed by atoms with E-state index in [2.05, 4.69) is 4.98 Å². The number of carbonyl (C=O) groups excluding carboxylic acids is 1. The lowest BCUT2D eigenvalue weighted by atomic mass is 9.82. The number of hydrogen-bond acceptors (Lipinski definition) is 4. The predicted molar refractivity (Wildman–Crippen MR) is 111 cm³/mol. The average Bonchev–Trinajstić information content (AvgIpc) is 2.88. The molecule has 1 aromatic heterocycles. The zero-order valence-corrected chi connectivity index (χ0v) is 16.9. The molecule has 0 atom stereocenters. The Morgan fingerprint density at radius 2 is 1.93 bits per heavy atom. The predicted octanol–water partition coefficient (Wildman–Crippen LogP) is 5.46. The second-order valence-corrected chi connectivity index (χ2v) is 8.66. The summed E-state index contributed by atoms with van der Waals surface area (Å²) in [7, 11) is 0. The van der Waals surface area contributed by atoms with E-state index < -0.39 is 5.41 Å². The lowest BCUT2D eigenvalue weighted by molar-refractivity contribution is -0.129. The standard InChI is InChI=1S/C23H32N2O2/c1-16-13-18(24)22-19(25-16)11-8-12-20(22)27-15-23(2,3)21(26)14-17-9-6-4-5-7-10-17/h8,11-13,17H,4-7,9-10,14-15H2,1-3H3,(H2,24,25). The van der Waals surface area contributed by atoms with E-state index in [-0.39, 0.29) is 0 Å². The lowest BCUT2D eigenvalue weighted by Crippen LogP contribution is -2.32. The average molecular weight is 369 g/mol. The second kappa shape index (κ2) is 8.28. The molecule has 0 bridgehead atoms. The number of fused-ring (bicyclic) bond motifs is 1. The largest absolute Gasteiger partial charge is 0.492 e. The first-order valence-corrected chi connectivity index (χ1v) is 10.2. The molecule has 3 rings (SSSR count). The number of carbonyl (C=O) groups is 1. The van der Waals surface area contributed by atoms with Crippen LogP contribution in [0.5, 0.6) is 5.75 Å². The molecule has 1 aromatic carbocycles.